The molecular weight excluding hydrogens is 440 g/mol. The van der Waals surface area contributed by atoms with Crippen molar-refractivity contribution in [1.29, 1.82) is 0 Å². The number of rotatable bonds is 7. The molecule has 31 heavy (non-hydrogen) atoms. The van der Waals surface area contributed by atoms with E-state index in [0.29, 0.717) is 30.4 Å². The summed E-state index contributed by atoms with van der Waals surface area (Å²) in [5.41, 5.74) is 1.67. The van der Waals surface area contributed by atoms with Gasteiger partial charge in [0.25, 0.3) is 0 Å². The molecule has 4 rings (SSSR count). The van der Waals surface area contributed by atoms with E-state index >= 15 is 0 Å². The SMILES string of the molecule is CNS(=O)(=O)c1ccc(CC2CCCCC2)c(-c2nnn(C3CN(S(C)(=O)=O)C3)n2)c1. The van der Waals surface area contributed by atoms with E-state index in [1.807, 2.05) is 6.07 Å². The minimum Gasteiger partial charge on any atom is -0.214 e. The maximum absolute atomic E-state index is 12.3. The van der Waals surface area contributed by atoms with Crippen LogP contribution in [0.1, 0.15) is 43.7 Å². The van der Waals surface area contributed by atoms with Gasteiger partial charge in [0.05, 0.1) is 11.2 Å². The summed E-state index contributed by atoms with van der Waals surface area (Å²) in [6, 6.07) is 4.90. The summed E-state index contributed by atoms with van der Waals surface area (Å²) < 4.78 is 51.6. The predicted molar refractivity (Wildman–Crippen MR) is 115 cm³/mol. The third kappa shape index (κ3) is 4.81. The van der Waals surface area contributed by atoms with Gasteiger partial charge < -0.3 is 0 Å². The van der Waals surface area contributed by atoms with E-state index in [0.717, 1.165) is 12.0 Å². The fraction of sp³-hybridized carbons (Fsp3) is 0.632. The maximum atomic E-state index is 12.3. The second-order valence-corrected chi connectivity index (χ2v) is 12.3. The lowest BCUT2D eigenvalue weighted by Crippen LogP contribution is -2.50. The zero-order valence-corrected chi connectivity index (χ0v) is 19.4. The lowest BCUT2D eigenvalue weighted by atomic mass is 9.84. The van der Waals surface area contributed by atoms with Crippen LogP contribution in [0.5, 0.6) is 0 Å². The Morgan fingerprint density at radius 1 is 1.10 bits per heavy atom. The number of sulfonamides is 2. The number of nitrogens with zero attached hydrogens (tertiary/aromatic N) is 5. The topological polar surface area (TPSA) is 127 Å². The fourth-order valence-electron chi connectivity index (χ4n) is 4.25. The summed E-state index contributed by atoms with van der Waals surface area (Å²) in [5.74, 6) is 0.918. The second-order valence-electron chi connectivity index (χ2n) is 8.40. The first kappa shape index (κ1) is 22.3. The first-order valence-electron chi connectivity index (χ1n) is 10.5. The maximum Gasteiger partial charge on any atom is 0.240 e. The Morgan fingerprint density at radius 2 is 1.81 bits per heavy atom. The molecule has 2 aliphatic rings. The molecule has 1 aromatic heterocycles. The van der Waals surface area contributed by atoms with Crippen molar-refractivity contribution in [3.8, 4) is 11.4 Å². The van der Waals surface area contributed by atoms with Crippen LogP contribution in [-0.4, -0.2) is 67.7 Å². The lowest BCUT2D eigenvalue weighted by Gasteiger charge is -2.35. The van der Waals surface area contributed by atoms with Crippen LogP contribution in [0.3, 0.4) is 0 Å². The highest BCUT2D eigenvalue weighted by molar-refractivity contribution is 7.89. The molecule has 1 aromatic carbocycles. The van der Waals surface area contributed by atoms with Crippen molar-refractivity contribution in [1.82, 2.24) is 29.2 Å². The molecule has 1 saturated carbocycles. The molecule has 0 atom stereocenters. The third-order valence-corrected chi connectivity index (χ3v) is 8.84. The highest BCUT2D eigenvalue weighted by Gasteiger charge is 2.36. The van der Waals surface area contributed by atoms with Crippen LogP contribution < -0.4 is 4.72 Å². The van der Waals surface area contributed by atoms with Crippen LogP contribution in [0.25, 0.3) is 11.4 Å². The van der Waals surface area contributed by atoms with Crippen molar-refractivity contribution < 1.29 is 16.8 Å². The van der Waals surface area contributed by atoms with E-state index in [9.17, 15) is 16.8 Å². The van der Waals surface area contributed by atoms with Gasteiger partial charge in [-0.25, -0.2) is 21.6 Å². The molecule has 0 radical (unpaired) electrons. The molecule has 2 aromatic rings. The number of nitrogens with one attached hydrogen (secondary N) is 1. The molecule has 1 saturated heterocycles. The van der Waals surface area contributed by atoms with Crippen LogP contribution in [0.15, 0.2) is 23.1 Å². The first-order chi connectivity index (χ1) is 14.7. The molecule has 170 valence electrons. The third-order valence-electron chi connectivity index (χ3n) is 6.19. The van der Waals surface area contributed by atoms with E-state index in [1.54, 1.807) is 12.1 Å². The number of aromatic nitrogens is 4. The Kier molecular flexibility index (Phi) is 6.16. The monoisotopic (exact) mass is 468 g/mol. The zero-order valence-electron chi connectivity index (χ0n) is 17.7. The Morgan fingerprint density at radius 3 is 2.45 bits per heavy atom. The summed E-state index contributed by atoms with van der Waals surface area (Å²) in [7, 11) is -5.46. The Hall–Kier alpha value is -1.89. The molecule has 1 N–H and O–H groups in total. The summed E-state index contributed by atoms with van der Waals surface area (Å²) in [5, 5.41) is 12.8. The minimum absolute atomic E-state index is 0.153. The molecule has 10 nitrogen and oxygen atoms in total. The molecular formula is C19H28N6O4S2. The molecule has 0 bridgehead atoms. The summed E-state index contributed by atoms with van der Waals surface area (Å²) in [6.07, 6.45) is 8.06. The van der Waals surface area contributed by atoms with Crippen LogP contribution in [0.2, 0.25) is 0 Å². The number of hydrogen-bond acceptors (Lipinski definition) is 7. The van der Waals surface area contributed by atoms with Crippen molar-refractivity contribution in [2.24, 2.45) is 5.92 Å². The van der Waals surface area contributed by atoms with Gasteiger partial charge in [0.1, 0.15) is 6.04 Å². The van der Waals surface area contributed by atoms with E-state index in [-0.39, 0.29) is 10.9 Å². The summed E-state index contributed by atoms with van der Waals surface area (Å²) in [6.45, 7) is 0.607. The van der Waals surface area contributed by atoms with Gasteiger partial charge in [-0.05, 0) is 42.3 Å². The molecule has 1 aliphatic carbocycles. The Labute approximate surface area is 183 Å². The van der Waals surface area contributed by atoms with E-state index in [4.69, 9.17) is 0 Å². The average molecular weight is 469 g/mol. The van der Waals surface area contributed by atoms with E-state index in [2.05, 4.69) is 20.1 Å². The van der Waals surface area contributed by atoms with E-state index in [1.165, 1.54) is 54.5 Å². The quantitative estimate of drug-likeness (QED) is 0.646. The highest BCUT2D eigenvalue weighted by atomic mass is 32.2. The van der Waals surface area contributed by atoms with Crippen molar-refractivity contribution in [3.63, 3.8) is 0 Å². The fourth-order valence-corrected chi connectivity index (χ4v) is 5.89. The molecule has 0 amide bonds. The van der Waals surface area contributed by atoms with Gasteiger partial charge in [-0.2, -0.15) is 9.10 Å². The van der Waals surface area contributed by atoms with Crippen molar-refractivity contribution >= 4 is 20.0 Å². The summed E-state index contributed by atoms with van der Waals surface area (Å²) >= 11 is 0. The minimum atomic E-state index is -3.61. The number of tetrazole rings is 1. The lowest BCUT2D eigenvalue weighted by molar-refractivity contribution is 0.174. The van der Waals surface area contributed by atoms with Gasteiger partial charge in [-0.3, -0.25) is 0 Å². The van der Waals surface area contributed by atoms with Crippen LogP contribution >= 0.6 is 0 Å². The van der Waals surface area contributed by atoms with Gasteiger partial charge >= 0.3 is 0 Å². The second kappa shape index (κ2) is 8.57. The summed E-state index contributed by atoms with van der Waals surface area (Å²) in [4.78, 5) is 1.58. The first-order valence-corrected chi connectivity index (χ1v) is 13.8. The molecule has 2 fully saturated rings. The van der Waals surface area contributed by atoms with Crippen molar-refractivity contribution in [3.05, 3.63) is 23.8 Å². The van der Waals surface area contributed by atoms with Gasteiger partial charge in [-0.15, -0.1) is 10.2 Å². The molecule has 0 spiro atoms. The number of benzene rings is 1. The average Bonchev–Trinajstić information content (AvgIpc) is 3.16. The molecule has 12 heteroatoms. The Bertz CT molecular complexity index is 1150. The van der Waals surface area contributed by atoms with Gasteiger partial charge in [-0.1, -0.05) is 38.2 Å². The largest absolute Gasteiger partial charge is 0.240 e. The van der Waals surface area contributed by atoms with Gasteiger partial charge in [0.2, 0.25) is 25.9 Å². The molecule has 2 heterocycles. The smallest absolute Gasteiger partial charge is 0.214 e. The van der Waals surface area contributed by atoms with Gasteiger partial charge in [0, 0.05) is 18.7 Å². The van der Waals surface area contributed by atoms with Crippen LogP contribution in [0.4, 0.5) is 0 Å². The normalized spacial score (nSPS) is 19.4. The molecule has 0 unspecified atom stereocenters. The molecule has 1 aliphatic heterocycles. The van der Waals surface area contributed by atoms with Crippen molar-refractivity contribution in [2.75, 3.05) is 26.4 Å². The van der Waals surface area contributed by atoms with Crippen molar-refractivity contribution in [2.45, 2.75) is 49.5 Å². The predicted octanol–water partition coefficient (Wildman–Crippen LogP) is 1.19. The van der Waals surface area contributed by atoms with Crippen LogP contribution in [0, 0.1) is 5.92 Å². The standard InChI is InChI=1S/C19H28N6O4S2/c1-20-31(28,29)17-9-8-15(10-14-6-4-3-5-7-14)18(11-17)19-21-23-25(22-19)16-12-24(13-16)30(2,26)27/h8-9,11,14,16,20H,3-7,10,12-13H2,1-2H3. The van der Waals surface area contributed by atoms with E-state index < -0.39 is 20.0 Å². The Balaban J connectivity index is 1.63. The number of hydrogen-bond donors (Lipinski definition) is 1. The zero-order chi connectivity index (χ0) is 22.2. The van der Waals surface area contributed by atoms with Gasteiger partial charge in [0.15, 0.2) is 0 Å². The highest BCUT2D eigenvalue weighted by Crippen LogP contribution is 2.32. The van der Waals surface area contributed by atoms with Crippen LogP contribution in [-0.2, 0) is 26.5 Å².